The smallest absolute Gasteiger partial charge is 0.359 e. The van der Waals surface area contributed by atoms with Gasteiger partial charge < -0.3 is 4.90 Å². The molecule has 146 valence electrons. The molecule has 4 heteroatoms. The molecule has 0 spiro atoms. The van der Waals surface area contributed by atoms with E-state index in [4.69, 9.17) is 0 Å². The highest BCUT2D eigenvalue weighted by molar-refractivity contribution is 5.21. The molecule has 0 amide bonds. The van der Waals surface area contributed by atoms with Crippen LogP contribution in [0.5, 0.6) is 0 Å². The number of nitrogens with zero attached hydrogens (tertiary/aromatic N) is 1. The van der Waals surface area contributed by atoms with E-state index < -0.39 is 11.9 Å². The number of hydrogen-bond acceptors (Lipinski definition) is 1. The molecule has 27 heavy (non-hydrogen) atoms. The maximum absolute atomic E-state index is 13.8. The molecule has 2 aromatic carbocycles. The molecule has 0 atom stereocenters. The van der Waals surface area contributed by atoms with Crippen molar-refractivity contribution in [3.8, 4) is 0 Å². The molecule has 0 bridgehead atoms. The fraction of sp³-hybridized carbons (Fsp3) is 0.391. The van der Waals surface area contributed by atoms with Gasteiger partial charge in [-0.25, -0.2) is 0 Å². The van der Waals surface area contributed by atoms with Gasteiger partial charge in [-0.2, -0.15) is 13.2 Å². The Balaban J connectivity index is 2.23. The maximum Gasteiger partial charge on any atom is 0.430 e. The van der Waals surface area contributed by atoms with Crippen LogP contribution in [0.2, 0.25) is 0 Å². The molecule has 0 unspecified atom stereocenters. The lowest BCUT2D eigenvalue weighted by atomic mass is 10.1. The lowest BCUT2D eigenvalue weighted by molar-refractivity contribution is -0.113. The Morgan fingerprint density at radius 3 is 1.78 bits per heavy atom. The zero-order chi connectivity index (χ0) is 19.5. The van der Waals surface area contributed by atoms with Gasteiger partial charge in [0.2, 0.25) is 0 Å². The topological polar surface area (TPSA) is 3.24 Å². The predicted molar refractivity (Wildman–Crippen MR) is 105 cm³/mol. The Morgan fingerprint density at radius 2 is 1.33 bits per heavy atom. The summed E-state index contributed by atoms with van der Waals surface area (Å²) in [5, 5.41) is 0. The van der Waals surface area contributed by atoms with Crippen molar-refractivity contribution in [2.24, 2.45) is 0 Å². The lowest BCUT2D eigenvalue weighted by Crippen LogP contribution is -2.31. The quantitative estimate of drug-likeness (QED) is 0.400. The van der Waals surface area contributed by atoms with Crippen molar-refractivity contribution in [1.82, 2.24) is 4.90 Å². The molecule has 0 N–H and O–H groups in total. The molecular weight excluding hydrogens is 347 g/mol. The molecule has 0 fully saturated rings. The van der Waals surface area contributed by atoms with E-state index in [1.807, 2.05) is 60.7 Å². The minimum absolute atomic E-state index is 0.232. The predicted octanol–water partition coefficient (Wildman–Crippen LogP) is 7.11. The first-order valence-corrected chi connectivity index (χ1v) is 9.61. The molecule has 2 aromatic rings. The van der Waals surface area contributed by atoms with Gasteiger partial charge in [-0.1, -0.05) is 92.9 Å². The second-order valence-corrected chi connectivity index (χ2v) is 6.76. The summed E-state index contributed by atoms with van der Waals surface area (Å²) in [4.78, 5) is 1.45. The van der Waals surface area contributed by atoms with Gasteiger partial charge in [0.25, 0.3) is 0 Å². The molecule has 0 saturated heterocycles. The van der Waals surface area contributed by atoms with Gasteiger partial charge >= 0.3 is 6.18 Å². The van der Waals surface area contributed by atoms with Crippen LogP contribution in [0.15, 0.2) is 72.4 Å². The summed E-state index contributed by atoms with van der Waals surface area (Å²) in [6.07, 6.45) is 1.36. The Bertz CT molecular complexity index is 636. The van der Waals surface area contributed by atoms with Crippen LogP contribution in [-0.2, 0) is 13.1 Å². The van der Waals surface area contributed by atoms with E-state index in [9.17, 15) is 13.2 Å². The van der Waals surface area contributed by atoms with Gasteiger partial charge in [0.05, 0.1) is 0 Å². The van der Waals surface area contributed by atoms with Gasteiger partial charge in [-0.3, -0.25) is 0 Å². The molecule has 1 nitrogen and oxygen atoms in total. The largest absolute Gasteiger partial charge is 0.430 e. The molecule has 0 saturated carbocycles. The number of hydrogen-bond donors (Lipinski definition) is 0. The van der Waals surface area contributed by atoms with Crippen molar-refractivity contribution < 1.29 is 13.2 Å². The van der Waals surface area contributed by atoms with E-state index in [0.717, 1.165) is 36.8 Å². The minimum Gasteiger partial charge on any atom is -0.359 e. The summed E-state index contributed by atoms with van der Waals surface area (Å²) in [6.45, 7) is 2.56. The fourth-order valence-corrected chi connectivity index (χ4v) is 3.07. The molecule has 0 aliphatic rings. The van der Waals surface area contributed by atoms with Crippen LogP contribution in [0.1, 0.15) is 50.2 Å². The van der Waals surface area contributed by atoms with Gasteiger partial charge in [-0.05, 0) is 24.0 Å². The highest BCUT2D eigenvalue weighted by Crippen LogP contribution is 2.31. The molecule has 0 aromatic heterocycles. The van der Waals surface area contributed by atoms with Crippen LogP contribution in [-0.4, -0.2) is 11.1 Å². The monoisotopic (exact) mass is 375 g/mol. The first-order valence-electron chi connectivity index (χ1n) is 9.61. The average molecular weight is 375 g/mol. The van der Waals surface area contributed by atoms with E-state index in [0.29, 0.717) is 6.42 Å². The lowest BCUT2D eigenvalue weighted by Gasteiger charge is -2.29. The second kappa shape index (κ2) is 10.8. The maximum atomic E-state index is 13.8. The molecule has 0 aliphatic heterocycles. The third-order valence-corrected chi connectivity index (χ3v) is 4.46. The first kappa shape index (κ1) is 21.1. The van der Waals surface area contributed by atoms with Crippen molar-refractivity contribution >= 4 is 0 Å². The van der Waals surface area contributed by atoms with E-state index in [1.54, 1.807) is 0 Å². The number of rotatable bonds is 10. The first-order chi connectivity index (χ1) is 13.0. The summed E-state index contributed by atoms with van der Waals surface area (Å²) >= 11 is 0. The van der Waals surface area contributed by atoms with Crippen LogP contribution in [0, 0.1) is 0 Å². The minimum atomic E-state index is -4.37. The van der Waals surface area contributed by atoms with E-state index in [1.165, 1.54) is 11.0 Å². The second-order valence-electron chi connectivity index (χ2n) is 6.76. The Kier molecular flexibility index (Phi) is 8.43. The van der Waals surface area contributed by atoms with Crippen molar-refractivity contribution in [1.29, 1.82) is 0 Å². The summed E-state index contributed by atoms with van der Waals surface area (Å²) in [7, 11) is 0. The van der Waals surface area contributed by atoms with Crippen molar-refractivity contribution in [3.05, 3.63) is 83.6 Å². The van der Waals surface area contributed by atoms with Crippen LogP contribution in [0.3, 0.4) is 0 Å². The summed E-state index contributed by atoms with van der Waals surface area (Å²) < 4.78 is 41.5. The third-order valence-electron chi connectivity index (χ3n) is 4.46. The van der Waals surface area contributed by atoms with E-state index >= 15 is 0 Å². The normalized spacial score (nSPS) is 12.2. The van der Waals surface area contributed by atoms with Crippen LogP contribution in [0.4, 0.5) is 13.2 Å². The molecule has 2 rings (SSSR count). The number of benzene rings is 2. The average Bonchev–Trinajstić information content (AvgIpc) is 2.65. The third kappa shape index (κ3) is 7.49. The zero-order valence-corrected chi connectivity index (χ0v) is 15.9. The number of unbranched alkanes of at least 4 members (excludes halogenated alkanes) is 4. The highest BCUT2D eigenvalue weighted by atomic mass is 19.4. The van der Waals surface area contributed by atoms with Crippen molar-refractivity contribution in [2.75, 3.05) is 0 Å². The SMILES string of the molecule is CCCCCC/C=C(\N(Cc1ccccc1)Cc1ccccc1)C(F)(F)F. The Morgan fingerprint density at radius 1 is 0.815 bits per heavy atom. The van der Waals surface area contributed by atoms with Crippen LogP contribution >= 0.6 is 0 Å². The van der Waals surface area contributed by atoms with Crippen LogP contribution in [0.25, 0.3) is 0 Å². The summed E-state index contributed by atoms with van der Waals surface area (Å²) in [5.74, 6) is 0. The van der Waals surface area contributed by atoms with Crippen molar-refractivity contribution in [3.63, 3.8) is 0 Å². The van der Waals surface area contributed by atoms with E-state index in [-0.39, 0.29) is 13.1 Å². The highest BCUT2D eigenvalue weighted by Gasteiger charge is 2.37. The van der Waals surface area contributed by atoms with Crippen molar-refractivity contribution in [2.45, 2.75) is 58.3 Å². The molecule has 0 radical (unpaired) electrons. The Hall–Kier alpha value is -2.23. The van der Waals surface area contributed by atoms with E-state index in [2.05, 4.69) is 6.92 Å². The van der Waals surface area contributed by atoms with Gasteiger partial charge in [-0.15, -0.1) is 0 Å². The standard InChI is InChI=1S/C23H28F3N/c1-2-3-4-5-12-17-22(23(24,25)26)27(18-20-13-8-6-9-14-20)19-21-15-10-7-11-16-21/h6-11,13-17H,2-5,12,18-19H2,1H3/b22-17-. The number of alkyl halides is 3. The number of allylic oxidation sites excluding steroid dienone is 2. The van der Waals surface area contributed by atoms with Gasteiger partial charge in [0, 0.05) is 13.1 Å². The van der Waals surface area contributed by atoms with Gasteiger partial charge in [0.15, 0.2) is 0 Å². The molecule has 0 heterocycles. The molecule has 0 aliphatic carbocycles. The van der Waals surface area contributed by atoms with Crippen LogP contribution < -0.4 is 0 Å². The van der Waals surface area contributed by atoms with Gasteiger partial charge in [0.1, 0.15) is 5.70 Å². The fourth-order valence-electron chi connectivity index (χ4n) is 3.07. The number of halogens is 3. The summed E-state index contributed by atoms with van der Waals surface area (Å²) in [5.41, 5.74) is 1.20. The molecular formula is C23H28F3N. The Labute approximate surface area is 160 Å². The zero-order valence-electron chi connectivity index (χ0n) is 15.9. The summed E-state index contributed by atoms with van der Waals surface area (Å²) in [6, 6.07) is 18.7.